The molecule has 100 valence electrons. The van der Waals surface area contributed by atoms with Crippen molar-refractivity contribution in [2.24, 2.45) is 22.5 Å². The summed E-state index contributed by atoms with van der Waals surface area (Å²) >= 11 is 0. The van der Waals surface area contributed by atoms with Gasteiger partial charge in [-0.1, -0.05) is 20.8 Å². The van der Waals surface area contributed by atoms with E-state index in [4.69, 9.17) is 15.9 Å². The van der Waals surface area contributed by atoms with Gasteiger partial charge in [0.15, 0.2) is 0 Å². The summed E-state index contributed by atoms with van der Waals surface area (Å²) in [5.41, 5.74) is 5.28. The third-order valence-electron chi connectivity index (χ3n) is 4.95. The Labute approximate surface area is 103 Å². The lowest BCUT2D eigenvalue weighted by molar-refractivity contribution is -0.128. The molecule has 0 spiro atoms. The number of hydrogen-bond donors (Lipinski definition) is 3. The molecule has 4 N–H and O–H groups in total. The van der Waals surface area contributed by atoms with Crippen molar-refractivity contribution >= 4 is 5.78 Å². The summed E-state index contributed by atoms with van der Waals surface area (Å²) < 4.78 is 0. The van der Waals surface area contributed by atoms with Crippen LogP contribution in [-0.2, 0) is 4.79 Å². The van der Waals surface area contributed by atoms with E-state index in [1.807, 2.05) is 0 Å². The van der Waals surface area contributed by atoms with E-state index < -0.39 is 6.04 Å². The van der Waals surface area contributed by atoms with E-state index in [9.17, 15) is 4.79 Å². The highest BCUT2D eigenvalue weighted by molar-refractivity contribution is 5.89. The van der Waals surface area contributed by atoms with Gasteiger partial charge in [0.25, 0.3) is 0 Å². The topological polar surface area (TPSA) is 83.6 Å². The predicted octanol–water partition coefficient (Wildman–Crippen LogP) is 0.700. The number of aliphatic hydroxyl groups is 2. The highest BCUT2D eigenvalue weighted by Crippen LogP contribution is 2.63. The first-order valence-corrected chi connectivity index (χ1v) is 6.30. The largest absolute Gasteiger partial charge is 0.395 e. The first-order chi connectivity index (χ1) is 7.79. The number of nitrogens with two attached hydrogens (primary N) is 1. The van der Waals surface area contributed by atoms with Crippen molar-refractivity contribution in [3.8, 4) is 0 Å². The van der Waals surface area contributed by atoms with Gasteiger partial charge >= 0.3 is 0 Å². The number of hydrogen-bond acceptors (Lipinski definition) is 4. The van der Waals surface area contributed by atoms with E-state index in [0.29, 0.717) is 11.7 Å². The number of rotatable bonds is 2. The Morgan fingerprint density at radius 1 is 1.35 bits per heavy atom. The molecule has 0 heterocycles. The van der Waals surface area contributed by atoms with Gasteiger partial charge in [0.1, 0.15) is 5.78 Å². The second-order valence-electron chi connectivity index (χ2n) is 6.04. The first-order valence-electron chi connectivity index (χ1n) is 6.30. The minimum atomic E-state index is -0.454. The molecule has 4 nitrogen and oxygen atoms in total. The molecule has 2 atom stereocenters. The summed E-state index contributed by atoms with van der Waals surface area (Å²) in [4.78, 5) is 11.6. The summed E-state index contributed by atoms with van der Waals surface area (Å²) in [6.45, 7) is 6.39. The summed E-state index contributed by atoms with van der Waals surface area (Å²) in [5, 5.41) is 16.1. The number of carbonyl (C=O) groups is 1. The Hall–Kier alpha value is -0.450. The van der Waals surface area contributed by atoms with Crippen molar-refractivity contribution in [2.45, 2.75) is 46.1 Å². The van der Waals surface area contributed by atoms with E-state index in [1.54, 1.807) is 0 Å². The van der Waals surface area contributed by atoms with Crippen molar-refractivity contribution in [1.82, 2.24) is 0 Å². The third-order valence-corrected chi connectivity index (χ3v) is 4.95. The van der Waals surface area contributed by atoms with E-state index in [2.05, 4.69) is 20.8 Å². The van der Waals surface area contributed by atoms with E-state index >= 15 is 0 Å². The van der Waals surface area contributed by atoms with Gasteiger partial charge in [0.05, 0.1) is 19.3 Å². The molecular formula is C13H25NO3. The van der Waals surface area contributed by atoms with Crippen LogP contribution in [0.1, 0.15) is 40.0 Å². The van der Waals surface area contributed by atoms with Crippen LogP contribution in [0.15, 0.2) is 0 Å². The fourth-order valence-electron chi connectivity index (χ4n) is 2.96. The molecule has 0 radical (unpaired) electrons. The normalized spacial score (nSPS) is 33.8. The first kappa shape index (κ1) is 14.6. The Morgan fingerprint density at radius 2 is 1.88 bits per heavy atom. The van der Waals surface area contributed by atoms with Crippen molar-refractivity contribution in [1.29, 1.82) is 0 Å². The van der Waals surface area contributed by atoms with E-state index in [-0.39, 0.29) is 24.0 Å². The minimum absolute atomic E-state index is 0.0255. The Kier molecular flexibility index (Phi) is 4.33. The molecule has 2 saturated carbocycles. The third kappa shape index (κ3) is 2.39. The van der Waals surface area contributed by atoms with Crippen LogP contribution in [0.3, 0.4) is 0 Å². The molecule has 2 fully saturated rings. The van der Waals surface area contributed by atoms with Crippen LogP contribution in [0.5, 0.6) is 0 Å². The maximum atomic E-state index is 11.6. The molecule has 0 aliphatic heterocycles. The van der Waals surface area contributed by atoms with Crippen LogP contribution in [0.2, 0.25) is 0 Å². The van der Waals surface area contributed by atoms with Crippen molar-refractivity contribution < 1.29 is 15.0 Å². The molecule has 17 heavy (non-hydrogen) atoms. The van der Waals surface area contributed by atoms with Crippen LogP contribution in [0.4, 0.5) is 0 Å². The SMILES string of the molecule is CC12CCC(CC1=O)C2(C)C.NC(CO)CO. The fourth-order valence-corrected chi connectivity index (χ4v) is 2.96. The average Bonchev–Trinajstić information content (AvgIpc) is 2.61. The number of carbonyl (C=O) groups excluding carboxylic acids is 1. The maximum absolute atomic E-state index is 11.6. The summed E-state index contributed by atoms with van der Waals surface area (Å²) in [6.07, 6.45) is 3.25. The van der Waals surface area contributed by atoms with Crippen LogP contribution in [-0.4, -0.2) is 35.3 Å². The van der Waals surface area contributed by atoms with Crippen LogP contribution in [0, 0.1) is 16.7 Å². The molecule has 2 aliphatic carbocycles. The minimum Gasteiger partial charge on any atom is -0.395 e. The second-order valence-corrected chi connectivity index (χ2v) is 6.04. The van der Waals surface area contributed by atoms with E-state index in [0.717, 1.165) is 12.8 Å². The smallest absolute Gasteiger partial charge is 0.139 e. The van der Waals surface area contributed by atoms with E-state index in [1.165, 1.54) is 6.42 Å². The highest BCUT2D eigenvalue weighted by atomic mass is 16.3. The predicted molar refractivity (Wildman–Crippen MR) is 66.4 cm³/mol. The zero-order valence-corrected chi connectivity index (χ0v) is 11.1. The molecule has 0 saturated heterocycles. The zero-order chi connectivity index (χ0) is 13.3. The Morgan fingerprint density at radius 3 is 2.00 bits per heavy atom. The standard InChI is InChI=1S/C10H16O.C3H9NO2/c1-9(2)7-4-5-10(9,3)8(11)6-7;4-3(1-5)2-6/h7H,4-6H2,1-3H3;3,5-6H,1-2,4H2. The number of ketones is 1. The van der Waals surface area contributed by atoms with Gasteiger partial charge in [0.2, 0.25) is 0 Å². The summed E-state index contributed by atoms with van der Waals surface area (Å²) in [5.74, 6) is 1.19. The number of fused-ring (bicyclic) bond motifs is 2. The Bertz CT molecular complexity index is 286. The van der Waals surface area contributed by atoms with Crippen LogP contribution >= 0.6 is 0 Å². The molecule has 0 aromatic heterocycles. The van der Waals surface area contributed by atoms with Crippen LogP contribution < -0.4 is 5.73 Å². The quantitative estimate of drug-likeness (QED) is 0.666. The molecule has 2 bridgehead atoms. The van der Waals surface area contributed by atoms with Crippen molar-refractivity contribution in [3.63, 3.8) is 0 Å². The van der Waals surface area contributed by atoms with Gasteiger partial charge in [0, 0.05) is 11.8 Å². The lowest BCUT2D eigenvalue weighted by atomic mass is 9.70. The molecule has 2 aliphatic rings. The Balaban J connectivity index is 0.000000209. The molecule has 2 rings (SSSR count). The lowest BCUT2D eigenvalue weighted by Crippen LogP contribution is -2.32. The number of aliphatic hydroxyl groups excluding tert-OH is 2. The van der Waals surface area contributed by atoms with Gasteiger partial charge in [-0.05, 0) is 24.2 Å². The molecule has 4 heteroatoms. The molecule has 0 aromatic carbocycles. The molecule has 2 unspecified atom stereocenters. The van der Waals surface area contributed by atoms with Crippen molar-refractivity contribution in [2.75, 3.05) is 13.2 Å². The van der Waals surface area contributed by atoms with Crippen molar-refractivity contribution in [3.05, 3.63) is 0 Å². The highest BCUT2D eigenvalue weighted by Gasteiger charge is 2.61. The van der Waals surface area contributed by atoms with Gasteiger partial charge in [-0.2, -0.15) is 0 Å². The average molecular weight is 243 g/mol. The molecule has 0 amide bonds. The lowest BCUT2D eigenvalue weighted by Gasteiger charge is -2.32. The van der Waals surface area contributed by atoms with Gasteiger partial charge in [-0.25, -0.2) is 0 Å². The zero-order valence-electron chi connectivity index (χ0n) is 11.1. The van der Waals surface area contributed by atoms with Crippen LogP contribution in [0.25, 0.3) is 0 Å². The van der Waals surface area contributed by atoms with Gasteiger partial charge in [-0.15, -0.1) is 0 Å². The summed E-state index contributed by atoms with van der Waals surface area (Å²) in [6, 6.07) is -0.454. The molecule has 0 aromatic rings. The monoisotopic (exact) mass is 243 g/mol. The number of Topliss-reactive ketones (excluding diaryl/α,β-unsaturated/α-hetero) is 1. The second kappa shape index (κ2) is 5.04. The maximum Gasteiger partial charge on any atom is 0.139 e. The molecular weight excluding hydrogens is 218 g/mol. The summed E-state index contributed by atoms with van der Waals surface area (Å²) in [7, 11) is 0. The van der Waals surface area contributed by atoms with Gasteiger partial charge < -0.3 is 15.9 Å². The van der Waals surface area contributed by atoms with Gasteiger partial charge in [-0.3, -0.25) is 4.79 Å². The fraction of sp³-hybridized carbons (Fsp3) is 0.923.